The van der Waals surface area contributed by atoms with Crippen LogP contribution in [0.2, 0.25) is 5.02 Å². The van der Waals surface area contributed by atoms with Gasteiger partial charge in [-0.15, -0.1) is 22.7 Å². The van der Waals surface area contributed by atoms with Gasteiger partial charge in [-0.1, -0.05) is 11.6 Å². The smallest absolute Gasteiger partial charge is 0.215 e. The second-order valence-corrected chi connectivity index (χ2v) is 6.79. The van der Waals surface area contributed by atoms with E-state index in [-0.39, 0.29) is 17.5 Å². The molecule has 2 aromatic heterocycles. The fraction of sp³-hybridized carbons (Fsp3) is 0.231. The molecule has 2 heterocycles. The highest BCUT2D eigenvalue weighted by Crippen LogP contribution is 2.37. The van der Waals surface area contributed by atoms with E-state index in [1.54, 1.807) is 11.4 Å². The van der Waals surface area contributed by atoms with Crippen LogP contribution < -0.4 is 11.1 Å². The van der Waals surface area contributed by atoms with Crippen molar-refractivity contribution in [3.8, 4) is 6.07 Å². The monoisotopic (exact) mass is 325 g/mol. The van der Waals surface area contributed by atoms with Gasteiger partial charge in [-0.25, -0.2) is 0 Å². The van der Waals surface area contributed by atoms with Crippen LogP contribution in [0.4, 0.5) is 10.7 Å². The molecule has 0 aliphatic carbocycles. The predicted octanol–water partition coefficient (Wildman–Crippen LogP) is 3.97. The molecule has 0 fully saturated rings. The Balaban J connectivity index is 2.45. The van der Waals surface area contributed by atoms with Crippen molar-refractivity contribution in [3.63, 3.8) is 0 Å². The van der Waals surface area contributed by atoms with E-state index in [0.29, 0.717) is 25.3 Å². The molecule has 7 heteroatoms. The lowest BCUT2D eigenvalue weighted by Gasteiger charge is -2.06. The number of carbonyl (C=O) groups excluding carboxylic acids is 1. The zero-order valence-electron chi connectivity index (χ0n) is 10.9. The number of hydrogen-bond acceptors (Lipinski definition) is 6. The number of nitriles is 1. The minimum atomic E-state index is -0.197. The summed E-state index contributed by atoms with van der Waals surface area (Å²) in [5.41, 5.74) is 6.49. The van der Waals surface area contributed by atoms with E-state index in [1.165, 1.54) is 22.7 Å². The summed E-state index contributed by atoms with van der Waals surface area (Å²) in [4.78, 5) is 13.3. The molecule has 0 radical (unpaired) electrons. The molecule has 4 nitrogen and oxygen atoms in total. The summed E-state index contributed by atoms with van der Waals surface area (Å²) in [5, 5.41) is 15.2. The van der Waals surface area contributed by atoms with Gasteiger partial charge in [0.15, 0.2) is 0 Å². The molecule has 104 valence electrons. The normalized spacial score (nSPS) is 10.6. The van der Waals surface area contributed by atoms with Crippen LogP contribution in [0.1, 0.15) is 34.0 Å². The van der Waals surface area contributed by atoms with Gasteiger partial charge in [0.1, 0.15) is 21.5 Å². The first-order valence-corrected chi connectivity index (χ1v) is 7.89. The minimum absolute atomic E-state index is 0.152. The average Bonchev–Trinajstić information content (AvgIpc) is 2.92. The molecule has 0 amide bonds. The Kier molecular flexibility index (Phi) is 4.33. The quantitative estimate of drug-likeness (QED) is 0.834. The van der Waals surface area contributed by atoms with Gasteiger partial charge >= 0.3 is 0 Å². The molecule has 0 spiro atoms. The van der Waals surface area contributed by atoms with Crippen molar-refractivity contribution in [1.82, 2.24) is 0 Å². The average molecular weight is 326 g/mol. The first-order valence-electron chi connectivity index (χ1n) is 5.81. The zero-order valence-corrected chi connectivity index (χ0v) is 13.2. The maximum Gasteiger partial charge on any atom is 0.215 e. The molecule has 2 rings (SSSR count). The second-order valence-electron chi connectivity index (χ2n) is 4.42. The number of hydrogen-bond donors (Lipinski definition) is 2. The molecule has 0 aliphatic heterocycles. The summed E-state index contributed by atoms with van der Waals surface area (Å²) in [7, 11) is 0. The van der Waals surface area contributed by atoms with E-state index in [9.17, 15) is 10.1 Å². The number of ketones is 1. The van der Waals surface area contributed by atoms with Crippen molar-refractivity contribution in [2.75, 3.05) is 11.1 Å². The first kappa shape index (κ1) is 14.9. The maximum absolute atomic E-state index is 12.4. The van der Waals surface area contributed by atoms with Crippen LogP contribution in [-0.4, -0.2) is 11.8 Å². The number of rotatable bonds is 4. The highest BCUT2D eigenvalue weighted by Gasteiger charge is 2.23. The van der Waals surface area contributed by atoms with Crippen LogP contribution in [0.3, 0.4) is 0 Å². The molecule has 2 aromatic rings. The lowest BCUT2D eigenvalue weighted by molar-refractivity contribution is 0.104. The molecule has 0 aromatic carbocycles. The van der Waals surface area contributed by atoms with Crippen molar-refractivity contribution in [2.45, 2.75) is 19.9 Å². The van der Waals surface area contributed by atoms with Crippen LogP contribution >= 0.6 is 34.3 Å². The van der Waals surface area contributed by atoms with Gasteiger partial charge in [-0.2, -0.15) is 5.26 Å². The second kappa shape index (κ2) is 5.83. The number of thiophene rings is 2. The lowest BCUT2D eigenvalue weighted by Crippen LogP contribution is -2.09. The van der Waals surface area contributed by atoms with Gasteiger partial charge in [-0.05, 0) is 19.9 Å². The molecule has 0 bridgehead atoms. The Morgan fingerprint density at radius 2 is 2.25 bits per heavy atom. The fourth-order valence-corrected chi connectivity index (χ4v) is 3.89. The molecule has 0 aliphatic rings. The Labute approximate surface area is 129 Å². The highest BCUT2D eigenvalue weighted by atomic mass is 35.5. The maximum atomic E-state index is 12.4. The van der Waals surface area contributed by atoms with Crippen LogP contribution in [0.5, 0.6) is 0 Å². The third-order valence-electron chi connectivity index (χ3n) is 2.47. The topological polar surface area (TPSA) is 78.9 Å². The number of nitrogen functional groups attached to an aromatic ring is 1. The van der Waals surface area contributed by atoms with Gasteiger partial charge in [0.05, 0.1) is 15.6 Å². The van der Waals surface area contributed by atoms with Gasteiger partial charge in [0.2, 0.25) is 5.78 Å². The van der Waals surface area contributed by atoms with E-state index in [2.05, 4.69) is 5.32 Å². The standard InChI is InChI=1S/C13H12ClN3OS2/c1-6(2)17-13-8(4-15)10(16)12(20-13)11(18)9-3-7(14)5-19-9/h3,5-6,17H,16H2,1-2H3. The number of nitrogens with two attached hydrogens (primary N) is 1. The van der Waals surface area contributed by atoms with E-state index >= 15 is 0 Å². The van der Waals surface area contributed by atoms with Gasteiger partial charge in [0, 0.05) is 11.4 Å². The highest BCUT2D eigenvalue weighted by molar-refractivity contribution is 7.20. The molecule has 0 saturated carbocycles. The Morgan fingerprint density at radius 3 is 2.75 bits per heavy atom. The molecular weight excluding hydrogens is 314 g/mol. The van der Waals surface area contributed by atoms with E-state index in [4.69, 9.17) is 17.3 Å². The summed E-state index contributed by atoms with van der Waals surface area (Å²) >= 11 is 8.30. The van der Waals surface area contributed by atoms with Crippen molar-refractivity contribution < 1.29 is 4.79 Å². The third kappa shape index (κ3) is 2.80. The van der Waals surface area contributed by atoms with Gasteiger partial charge in [0.25, 0.3) is 0 Å². The molecule has 0 unspecified atom stereocenters. The van der Waals surface area contributed by atoms with Crippen LogP contribution in [0, 0.1) is 11.3 Å². The third-order valence-corrected chi connectivity index (χ3v) is 4.89. The predicted molar refractivity (Wildman–Crippen MR) is 85.0 cm³/mol. The molecular formula is C13H12ClN3OS2. The summed E-state index contributed by atoms with van der Waals surface area (Å²) in [6, 6.07) is 3.81. The van der Waals surface area contributed by atoms with Crippen LogP contribution in [-0.2, 0) is 0 Å². The Morgan fingerprint density at radius 1 is 1.55 bits per heavy atom. The number of nitrogens with one attached hydrogen (secondary N) is 1. The van der Waals surface area contributed by atoms with E-state index < -0.39 is 0 Å². The van der Waals surface area contributed by atoms with E-state index in [1.807, 2.05) is 19.9 Å². The molecule has 20 heavy (non-hydrogen) atoms. The number of carbonyl (C=O) groups is 1. The first-order chi connectivity index (χ1) is 9.43. The van der Waals surface area contributed by atoms with Crippen molar-refractivity contribution in [1.29, 1.82) is 5.26 Å². The molecule has 3 N–H and O–H groups in total. The van der Waals surface area contributed by atoms with Crippen molar-refractivity contribution >= 4 is 50.7 Å². The van der Waals surface area contributed by atoms with Crippen LogP contribution in [0.15, 0.2) is 11.4 Å². The summed E-state index contributed by atoms with van der Waals surface area (Å²) < 4.78 is 0. The Hall–Kier alpha value is -1.55. The van der Waals surface area contributed by atoms with Gasteiger partial charge < -0.3 is 11.1 Å². The summed E-state index contributed by atoms with van der Waals surface area (Å²) in [5.74, 6) is -0.197. The van der Waals surface area contributed by atoms with Gasteiger partial charge in [-0.3, -0.25) is 4.79 Å². The van der Waals surface area contributed by atoms with Crippen molar-refractivity contribution in [3.05, 3.63) is 31.8 Å². The SMILES string of the molecule is CC(C)Nc1sc(C(=O)c2cc(Cl)cs2)c(N)c1C#N. The number of halogens is 1. The van der Waals surface area contributed by atoms with Crippen LogP contribution in [0.25, 0.3) is 0 Å². The summed E-state index contributed by atoms with van der Waals surface area (Å²) in [6.45, 7) is 3.91. The Bertz CT molecular complexity index is 697. The largest absolute Gasteiger partial charge is 0.396 e. The number of nitrogens with zero attached hydrogens (tertiary/aromatic N) is 1. The molecule has 0 atom stereocenters. The summed E-state index contributed by atoms with van der Waals surface area (Å²) in [6.07, 6.45) is 0. The molecule has 0 saturated heterocycles. The fourth-order valence-electron chi connectivity index (χ4n) is 1.63. The number of anilines is 2. The minimum Gasteiger partial charge on any atom is -0.396 e. The van der Waals surface area contributed by atoms with E-state index in [0.717, 1.165) is 0 Å². The zero-order chi connectivity index (χ0) is 14.9. The lowest BCUT2D eigenvalue weighted by atomic mass is 10.2. The van der Waals surface area contributed by atoms with Crippen molar-refractivity contribution in [2.24, 2.45) is 0 Å².